The van der Waals surface area contributed by atoms with Gasteiger partial charge in [-0.3, -0.25) is 4.79 Å². The number of hydrogen-bond donors (Lipinski definition) is 1. The van der Waals surface area contributed by atoms with E-state index in [1.807, 2.05) is 6.07 Å². The number of amides is 1. The predicted molar refractivity (Wildman–Crippen MR) is 129 cm³/mol. The molecule has 35 heavy (non-hydrogen) atoms. The van der Waals surface area contributed by atoms with E-state index in [2.05, 4.69) is 5.32 Å². The van der Waals surface area contributed by atoms with Crippen molar-refractivity contribution in [3.63, 3.8) is 0 Å². The lowest BCUT2D eigenvalue weighted by Gasteiger charge is -2.26. The Morgan fingerprint density at radius 1 is 0.943 bits per heavy atom. The Bertz CT molecular complexity index is 1210. The van der Waals surface area contributed by atoms with Crippen molar-refractivity contribution in [1.29, 1.82) is 0 Å². The van der Waals surface area contributed by atoms with Gasteiger partial charge in [-0.2, -0.15) is 8.61 Å². The van der Waals surface area contributed by atoms with E-state index in [0.717, 1.165) is 10.7 Å². The zero-order chi connectivity index (χ0) is 24.9. The van der Waals surface area contributed by atoms with E-state index in [4.69, 9.17) is 9.47 Å². The van der Waals surface area contributed by atoms with Gasteiger partial charge < -0.3 is 14.8 Å². The second-order valence-corrected chi connectivity index (χ2v) is 12.2. The summed E-state index contributed by atoms with van der Waals surface area (Å²) >= 11 is 0. The van der Waals surface area contributed by atoms with Gasteiger partial charge >= 0.3 is 0 Å². The molecule has 0 unspecified atom stereocenters. The Morgan fingerprint density at radius 3 is 2.23 bits per heavy atom. The van der Waals surface area contributed by atoms with Crippen LogP contribution in [0.4, 0.5) is 5.69 Å². The Labute approximate surface area is 205 Å². The molecule has 12 heteroatoms. The molecule has 0 bridgehead atoms. The van der Waals surface area contributed by atoms with Crippen molar-refractivity contribution >= 4 is 31.6 Å². The number of anilines is 1. The van der Waals surface area contributed by atoms with Gasteiger partial charge in [0, 0.05) is 31.9 Å². The minimum Gasteiger partial charge on any atom is -0.379 e. The second kappa shape index (κ2) is 11.1. The summed E-state index contributed by atoms with van der Waals surface area (Å²) in [7, 11) is -7.85. The smallest absolute Gasteiger partial charge is 0.243 e. The molecule has 1 atom stereocenters. The van der Waals surface area contributed by atoms with Gasteiger partial charge in [-0.15, -0.1) is 0 Å². The maximum absolute atomic E-state index is 13.5. The number of sulfonamides is 2. The first-order chi connectivity index (χ1) is 16.8. The number of ether oxygens (including phenoxy) is 2. The molecule has 1 N–H and O–H groups in total. The molecule has 1 amide bonds. The maximum Gasteiger partial charge on any atom is 0.243 e. The number of nitrogens with one attached hydrogen (secondary N) is 1. The summed E-state index contributed by atoms with van der Waals surface area (Å²) in [4.78, 5) is 12.6. The Morgan fingerprint density at radius 2 is 1.60 bits per heavy atom. The standard InChI is InChI=1S/C23H29N3O7S2/c27-23(24-19-5-2-1-3-6-19)18-26(17-20-7-4-14-33-20)35(30,31)22-10-8-21(9-11-22)34(28,29)25-12-15-32-16-13-25/h1-3,5-6,8-11,20H,4,7,12-18H2,(H,24,27)/t20-/m0/s1. The fourth-order valence-electron chi connectivity index (χ4n) is 4.01. The molecule has 2 aliphatic heterocycles. The van der Waals surface area contributed by atoms with Crippen LogP contribution in [0.1, 0.15) is 12.8 Å². The highest BCUT2D eigenvalue weighted by molar-refractivity contribution is 7.89. The molecule has 2 heterocycles. The van der Waals surface area contributed by atoms with E-state index in [0.29, 0.717) is 31.9 Å². The molecule has 2 aromatic carbocycles. The normalized spacial score (nSPS) is 19.6. The summed E-state index contributed by atoms with van der Waals surface area (Å²) in [5.41, 5.74) is 0.560. The van der Waals surface area contributed by atoms with Crippen molar-refractivity contribution in [2.24, 2.45) is 0 Å². The highest BCUT2D eigenvalue weighted by Gasteiger charge is 2.32. The molecule has 0 radical (unpaired) electrons. The monoisotopic (exact) mass is 523 g/mol. The Kier molecular flexibility index (Phi) is 8.19. The SMILES string of the molecule is O=C(CN(C[C@@H]1CCCO1)S(=O)(=O)c1ccc(S(=O)(=O)N2CCOCC2)cc1)Nc1ccccc1. The molecule has 0 spiro atoms. The number of nitrogens with zero attached hydrogens (tertiary/aromatic N) is 2. The molecule has 0 aromatic heterocycles. The van der Waals surface area contributed by atoms with Gasteiger partial charge in [0.15, 0.2) is 0 Å². The molecule has 190 valence electrons. The minimum absolute atomic E-state index is 0.00541. The summed E-state index contributed by atoms with van der Waals surface area (Å²) in [5.74, 6) is -0.482. The highest BCUT2D eigenvalue weighted by atomic mass is 32.2. The second-order valence-electron chi connectivity index (χ2n) is 8.33. The first kappa shape index (κ1) is 25.7. The predicted octanol–water partition coefficient (Wildman–Crippen LogP) is 1.52. The fraction of sp³-hybridized carbons (Fsp3) is 0.435. The van der Waals surface area contributed by atoms with Gasteiger partial charge in [-0.25, -0.2) is 16.8 Å². The van der Waals surface area contributed by atoms with Crippen LogP contribution < -0.4 is 5.32 Å². The van der Waals surface area contributed by atoms with E-state index in [1.54, 1.807) is 24.3 Å². The fourth-order valence-corrected chi connectivity index (χ4v) is 6.85. The molecular weight excluding hydrogens is 494 g/mol. The van der Waals surface area contributed by atoms with Crippen molar-refractivity contribution < 1.29 is 31.1 Å². The van der Waals surface area contributed by atoms with Gasteiger partial charge in [-0.1, -0.05) is 18.2 Å². The molecule has 2 aliphatic rings. The molecule has 2 fully saturated rings. The number of hydrogen-bond acceptors (Lipinski definition) is 7. The zero-order valence-electron chi connectivity index (χ0n) is 19.2. The zero-order valence-corrected chi connectivity index (χ0v) is 20.8. The first-order valence-electron chi connectivity index (χ1n) is 11.4. The van der Waals surface area contributed by atoms with Gasteiger partial charge in [0.2, 0.25) is 26.0 Å². The van der Waals surface area contributed by atoms with Gasteiger partial charge in [0.1, 0.15) is 0 Å². The average Bonchev–Trinajstić information content (AvgIpc) is 3.38. The van der Waals surface area contributed by atoms with E-state index in [9.17, 15) is 21.6 Å². The van der Waals surface area contributed by atoms with Crippen LogP contribution in [0.2, 0.25) is 0 Å². The molecule has 0 saturated carbocycles. The lowest BCUT2D eigenvalue weighted by molar-refractivity contribution is -0.116. The van der Waals surface area contributed by atoms with Crippen LogP contribution in [0.5, 0.6) is 0 Å². The number of para-hydroxylation sites is 1. The molecule has 4 rings (SSSR count). The van der Waals surface area contributed by atoms with Crippen molar-refractivity contribution in [3.05, 3.63) is 54.6 Å². The van der Waals surface area contributed by atoms with Crippen LogP contribution >= 0.6 is 0 Å². The van der Waals surface area contributed by atoms with Gasteiger partial charge in [0.05, 0.1) is 35.7 Å². The summed E-state index contributed by atoms with van der Waals surface area (Å²) in [6.07, 6.45) is 1.21. The number of rotatable bonds is 9. The highest BCUT2D eigenvalue weighted by Crippen LogP contribution is 2.23. The van der Waals surface area contributed by atoms with E-state index < -0.39 is 32.5 Å². The van der Waals surface area contributed by atoms with E-state index in [1.165, 1.54) is 28.6 Å². The largest absolute Gasteiger partial charge is 0.379 e. The Hall–Kier alpha value is -2.35. The Balaban J connectivity index is 1.54. The quantitative estimate of drug-likeness (QED) is 0.529. The van der Waals surface area contributed by atoms with Crippen molar-refractivity contribution in [2.75, 3.05) is 51.3 Å². The van der Waals surface area contributed by atoms with Crippen molar-refractivity contribution in [3.8, 4) is 0 Å². The molecule has 2 aromatic rings. The first-order valence-corrected chi connectivity index (χ1v) is 14.3. The maximum atomic E-state index is 13.5. The number of carbonyl (C=O) groups is 1. The third kappa shape index (κ3) is 6.26. The topological polar surface area (TPSA) is 122 Å². The van der Waals surface area contributed by atoms with Gasteiger partial charge in [0.25, 0.3) is 0 Å². The average molecular weight is 524 g/mol. The van der Waals surface area contributed by atoms with Crippen LogP contribution in [-0.2, 0) is 34.3 Å². The van der Waals surface area contributed by atoms with E-state index in [-0.39, 0.29) is 35.5 Å². The van der Waals surface area contributed by atoms with Crippen molar-refractivity contribution in [2.45, 2.75) is 28.7 Å². The van der Waals surface area contributed by atoms with Crippen molar-refractivity contribution in [1.82, 2.24) is 8.61 Å². The van der Waals surface area contributed by atoms with Crippen LogP contribution in [0.3, 0.4) is 0 Å². The number of benzene rings is 2. The third-order valence-electron chi connectivity index (χ3n) is 5.88. The molecule has 10 nitrogen and oxygen atoms in total. The molecular formula is C23H29N3O7S2. The molecule has 2 saturated heterocycles. The number of carbonyl (C=O) groups excluding carboxylic acids is 1. The van der Waals surface area contributed by atoms with Crippen LogP contribution in [-0.4, -0.2) is 83.5 Å². The van der Waals surface area contributed by atoms with Crippen LogP contribution in [0.25, 0.3) is 0 Å². The summed E-state index contributed by atoms with van der Waals surface area (Å²) in [5, 5.41) is 2.71. The number of morpholine rings is 1. The van der Waals surface area contributed by atoms with Gasteiger partial charge in [-0.05, 0) is 49.2 Å². The summed E-state index contributed by atoms with van der Waals surface area (Å²) < 4.78 is 65.9. The van der Waals surface area contributed by atoms with Crippen LogP contribution in [0, 0.1) is 0 Å². The molecule has 0 aliphatic carbocycles. The van der Waals surface area contributed by atoms with E-state index >= 15 is 0 Å². The lowest BCUT2D eigenvalue weighted by Crippen LogP contribution is -2.42. The lowest BCUT2D eigenvalue weighted by atomic mass is 10.2. The van der Waals surface area contributed by atoms with Crippen LogP contribution in [0.15, 0.2) is 64.4 Å². The summed E-state index contributed by atoms with van der Waals surface area (Å²) in [6.45, 7) is 1.29. The summed E-state index contributed by atoms with van der Waals surface area (Å²) in [6, 6.07) is 13.9. The minimum atomic E-state index is -4.10. The third-order valence-corrected chi connectivity index (χ3v) is 9.62.